The van der Waals surface area contributed by atoms with Crippen LogP contribution >= 0.6 is 0 Å². The van der Waals surface area contributed by atoms with Crippen molar-refractivity contribution < 1.29 is 4.42 Å². The zero-order valence-electron chi connectivity index (χ0n) is 32.5. The highest BCUT2D eigenvalue weighted by Crippen LogP contribution is 2.59. The summed E-state index contributed by atoms with van der Waals surface area (Å²) in [5.74, 6) is 0.650. The molecule has 12 rings (SSSR count). The Bertz CT molecular complexity index is 3370. The van der Waals surface area contributed by atoms with Crippen molar-refractivity contribution in [2.24, 2.45) is 0 Å². The molecular weight excluding hydrogens is 731 g/mol. The lowest BCUT2D eigenvalue weighted by Crippen LogP contribution is -2.29. The van der Waals surface area contributed by atoms with Crippen LogP contribution in [0.15, 0.2) is 217 Å². The summed E-state index contributed by atoms with van der Waals surface area (Å²) in [6.07, 6.45) is 0. The minimum Gasteiger partial charge on any atom is -0.456 e. The van der Waals surface area contributed by atoms with Gasteiger partial charge in [-0.1, -0.05) is 188 Å². The first-order chi connectivity index (χ1) is 29.8. The lowest BCUT2D eigenvalue weighted by Gasteiger charge is -2.34. The number of rotatable bonds is 6. The number of hydrogen-bond donors (Lipinski definition) is 0. The summed E-state index contributed by atoms with van der Waals surface area (Å²) in [4.78, 5) is 16.0. The monoisotopic (exact) mass is 765 g/mol. The van der Waals surface area contributed by atoms with Crippen LogP contribution in [0.25, 0.3) is 89.1 Å². The predicted molar refractivity (Wildman–Crippen MR) is 244 cm³/mol. The van der Waals surface area contributed by atoms with Crippen LogP contribution in [0.4, 0.5) is 0 Å². The van der Waals surface area contributed by atoms with Gasteiger partial charge in [-0.25, -0.2) is 15.0 Å². The molecule has 4 nitrogen and oxygen atoms in total. The number of furan rings is 1. The Kier molecular flexibility index (Phi) is 7.72. The van der Waals surface area contributed by atoms with E-state index in [0.717, 1.165) is 77.7 Å². The minimum atomic E-state index is -0.559. The summed E-state index contributed by atoms with van der Waals surface area (Å²) in [7, 11) is 0. The summed E-state index contributed by atoms with van der Waals surface area (Å²) in [6.45, 7) is 0. The second-order valence-corrected chi connectivity index (χ2v) is 15.4. The molecule has 60 heavy (non-hydrogen) atoms. The van der Waals surface area contributed by atoms with Crippen molar-refractivity contribution in [2.45, 2.75) is 5.41 Å². The number of nitrogens with zero attached hydrogens (tertiary/aromatic N) is 3. The maximum absolute atomic E-state index is 6.29. The van der Waals surface area contributed by atoms with Crippen LogP contribution in [0, 0.1) is 0 Å². The molecule has 11 aromatic rings. The van der Waals surface area contributed by atoms with Gasteiger partial charge in [0.15, 0.2) is 5.82 Å². The van der Waals surface area contributed by atoms with E-state index in [9.17, 15) is 0 Å². The maximum atomic E-state index is 6.29. The SMILES string of the molecule is c1ccc(-c2cc(-c3cccc4oc5ccccc5c34)nc(-c3ccc(-c4nc5ccccc5c5c4-c4ccccc4C5(c4ccccc4)c4ccccc4)cc3)n2)cc1. The van der Waals surface area contributed by atoms with E-state index in [-0.39, 0.29) is 0 Å². The number of hydrogen-bond acceptors (Lipinski definition) is 4. The van der Waals surface area contributed by atoms with E-state index in [2.05, 4.69) is 170 Å². The molecule has 280 valence electrons. The smallest absolute Gasteiger partial charge is 0.160 e. The Hall–Kier alpha value is -7.95. The zero-order valence-corrected chi connectivity index (χ0v) is 32.5. The molecule has 0 saturated carbocycles. The van der Waals surface area contributed by atoms with Crippen LogP contribution in [0.1, 0.15) is 22.3 Å². The lowest BCUT2D eigenvalue weighted by molar-refractivity contribution is 0.669. The van der Waals surface area contributed by atoms with Gasteiger partial charge in [0.05, 0.1) is 28.0 Å². The average molecular weight is 766 g/mol. The van der Waals surface area contributed by atoms with Gasteiger partial charge in [0.25, 0.3) is 0 Å². The van der Waals surface area contributed by atoms with Gasteiger partial charge in [-0.05, 0) is 52.1 Å². The number of para-hydroxylation sites is 2. The third kappa shape index (κ3) is 5.14. The topological polar surface area (TPSA) is 51.8 Å². The van der Waals surface area contributed by atoms with Crippen LogP contribution in [0.3, 0.4) is 0 Å². The molecule has 0 fully saturated rings. The molecule has 3 heterocycles. The number of benzene rings is 8. The van der Waals surface area contributed by atoms with Crippen molar-refractivity contribution in [2.75, 3.05) is 0 Å². The molecular formula is C56H35N3O. The molecule has 0 bridgehead atoms. The van der Waals surface area contributed by atoms with Crippen LogP contribution in [0.2, 0.25) is 0 Å². The first-order valence-corrected chi connectivity index (χ1v) is 20.4. The Morgan fingerprint density at radius 3 is 1.75 bits per heavy atom. The molecule has 0 atom stereocenters. The third-order valence-corrected chi connectivity index (χ3v) is 12.2. The van der Waals surface area contributed by atoms with E-state index >= 15 is 0 Å². The van der Waals surface area contributed by atoms with Crippen LogP contribution < -0.4 is 0 Å². The minimum absolute atomic E-state index is 0.559. The lowest BCUT2D eigenvalue weighted by atomic mass is 9.67. The fourth-order valence-electron chi connectivity index (χ4n) is 9.61. The normalized spacial score (nSPS) is 12.8. The van der Waals surface area contributed by atoms with E-state index in [0.29, 0.717) is 5.82 Å². The molecule has 0 N–H and O–H groups in total. The molecule has 1 aliphatic carbocycles. The van der Waals surface area contributed by atoms with Crippen molar-refractivity contribution >= 4 is 32.8 Å². The Morgan fingerprint density at radius 1 is 0.400 bits per heavy atom. The third-order valence-electron chi connectivity index (χ3n) is 12.2. The number of pyridine rings is 1. The fraction of sp³-hybridized carbons (Fsp3) is 0.0179. The van der Waals surface area contributed by atoms with Gasteiger partial charge in [0.1, 0.15) is 11.2 Å². The second-order valence-electron chi connectivity index (χ2n) is 15.4. The van der Waals surface area contributed by atoms with Crippen molar-refractivity contribution in [1.29, 1.82) is 0 Å². The summed E-state index contributed by atoms with van der Waals surface area (Å²) >= 11 is 0. The number of fused-ring (bicyclic) bond motifs is 8. The van der Waals surface area contributed by atoms with Crippen LogP contribution in [0.5, 0.6) is 0 Å². The molecule has 0 unspecified atom stereocenters. The Balaban J connectivity index is 1.07. The van der Waals surface area contributed by atoms with E-state index < -0.39 is 5.41 Å². The van der Waals surface area contributed by atoms with E-state index in [1.165, 1.54) is 27.8 Å². The molecule has 4 heteroatoms. The molecule has 0 aliphatic heterocycles. The zero-order chi connectivity index (χ0) is 39.6. The summed E-state index contributed by atoms with van der Waals surface area (Å²) in [5, 5.41) is 3.26. The second kappa shape index (κ2) is 13.6. The largest absolute Gasteiger partial charge is 0.456 e. The van der Waals surface area contributed by atoms with Gasteiger partial charge in [-0.3, -0.25) is 0 Å². The standard InChI is InChI=1S/C56H35N3O/c1-4-17-36(18-5-1)47-35-48(42-26-16-30-50-51(42)44-25-12-15-29-49(44)60-50)59-55(58-47)38-33-31-37(32-34-38)54-52-41-23-10-13-27-45(41)56(39-19-6-2-7-20-39,40-21-8-3-9-22-40)53(52)43-24-11-14-28-46(43)57-54/h1-35H. The maximum Gasteiger partial charge on any atom is 0.160 e. The number of aromatic nitrogens is 3. The highest BCUT2D eigenvalue weighted by molar-refractivity contribution is 6.12. The molecule has 8 aromatic carbocycles. The molecule has 1 aliphatic rings. The molecule has 0 spiro atoms. The average Bonchev–Trinajstić information content (AvgIpc) is 3.87. The van der Waals surface area contributed by atoms with Crippen molar-refractivity contribution in [3.05, 3.63) is 235 Å². The van der Waals surface area contributed by atoms with Crippen LogP contribution in [-0.4, -0.2) is 15.0 Å². The molecule has 0 saturated heterocycles. The quantitative estimate of drug-likeness (QED) is 0.169. The Labute approximate surface area is 347 Å². The van der Waals surface area contributed by atoms with E-state index in [1.54, 1.807) is 0 Å². The van der Waals surface area contributed by atoms with Crippen molar-refractivity contribution in [1.82, 2.24) is 15.0 Å². The summed E-state index contributed by atoms with van der Waals surface area (Å²) in [5.41, 5.74) is 16.0. The first kappa shape index (κ1) is 34.1. The molecule has 0 amide bonds. The van der Waals surface area contributed by atoms with E-state index in [4.69, 9.17) is 19.4 Å². The van der Waals surface area contributed by atoms with Gasteiger partial charge in [0.2, 0.25) is 0 Å². The first-order valence-electron chi connectivity index (χ1n) is 20.4. The van der Waals surface area contributed by atoms with Gasteiger partial charge in [-0.15, -0.1) is 0 Å². The van der Waals surface area contributed by atoms with Gasteiger partial charge >= 0.3 is 0 Å². The van der Waals surface area contributed by atoms with E-state index in [1.807, 2.05) is 42.5 Å². The van der Waals surface area contributed by atoms with Crippen molar-refractivity contribution in [3.8, 4) is 56.3 Å². The highest BCUT2D eigenvalue weighted by Gasteiger charge is 2.48. The summed E-state index contributed by atoms with van der Waals surface area (Å²) < 4.78 is 6.29. The van der Waals surface area contributed by atoms with Gasteiger partial charge < -0.3 is 4.42 Å². The predicted octanol–water partition coefficient (Wildman–Crippen LogP) is 14.0. The Morgan fingerprint density at radius 2 is 0.983 bits per heavy atom. The van der Waals surface area contributed by atoms with Crippen molar-refractivity contribution in [3.63, 3.8) is 0 Å². The molecule has 0 radical (unpaired) electrons. The summed E-state index contributed by atoms with van der Waals surface area (Å²) in [6, 6.07) is 74.9. The van der Waals surface area contributed by atoms with Gasteiger partial charge in [0, 0.05) is 44.0 Å². The van der Waals surface area contributed by atoms with Gasteiger partial charge in [-0.2, -0.15) is 0 Å². The molecule has 3 aromatic heterocycles. The van der Waals surface area contributed by atoms with Crippen LogP contribution in [-0.2, 0) is 5.41 Å². The fourth-order valence-corrected chi connectivity index (χ4v) is 9.61. The highest BCUT2D eigenvalue weighted by atomic mass is 16.3.